The van der Waals surface area contributed by atoms with Crippen LogP contribution >= 0.6 is 11.6 Å². The van der Waals surface area contributed by atoms with Gasteiger partial charge in [0, 0.05) is 23.3 Å². The van der Waals surface area contributed by atoms with E-state index in [2.05, 4.69) is 59.1 Å². The first-order valence-corrected chi connectivity index (χ1v) is 7.57. The minimum atomic E-state index is 0.812. The van der Waals surface area contributed by atoms with E-state index in [4.69, 9.17) is 11.6 Å². The number of halogens is 1. The number of benzene rings is 2. The van der Waals surface area contributed by atoms with Crippen LogP contribution in [0.4, 0.5) is 0 Å². The lowest BCUT2D eigenvalue weighted by Crippen LogP contribution is -2.24. The van der Waals surface area contributed by atoms with Gasteiger partial charge in [0.25, 0.3) is 0 Å². The number of fused-ring (bicyclic) bond motifs is 1. The molecule has 0 saturated carbocycles. The Hall–Kier alpha value is -1.77. The van der Waals surface area contributed by atoms with E-state index in [-0.39, 0.29) is 0 Å². The van der Waals surface area contributed by atoms with E-state index in [1.165, 1.54) is 16.5 Å². The lowest BCUT2D eigenvalue weighted by Gasteiger charge is -2.18. The van der Waals surface area contributed by atoms with Crippen LogP contribution in [-0.4, -0.2) is 23.1 Å². The Balaban J connectivity index is 1.62. The monoisotopic (exact) mass is 298 g/mol. The minimum Gasteiger partial charge on any atom is -0.334 e. The summed E-state index contributed by atoms with van der Waals surface area (Å²) < 4.78 is 2.29. The number of aromatic nitrogens is 1. The van der Waals surface area contributed by atoms with Crippen molar-refractivity contribution in [1.82, 2.24) is 9.47 Å². The number of hydrogen-bond acceptors (Lipinski definition) is 1. The fraction of sp³-hybridized carbons (Fsp3) is 0.222. The lowest BCUT2D eigenvalue weighted by atomic mass is 10.1. The summed E-state index contributed by atoms with van der Waals surface area (Å²) >= 11 is 6.02. The van der Waals surface area contributed by atoms with Gasteiger partial charge in [0.1, 0.15) is 0 Å². The van der Waals surface area contributed by atoms with Gasteiger partial charge in [0.15, 0.2) is 0 Å². The van der Waals surface area contributed by atoms with E-state index in [1.807, 2.05) is 18.2 Å². The third kappa shape index (κ3) is 3.46. The van der Waals surface area contributed by atoms with Gasteiger partial charge in [-0.3, -0.25) is 4.90 Å². The van der Waals surface area contributed by atoms with Crippen LogP contribution < -0.4 is 0 Å². The van der Waals surface area contributed by atoms with Crippen molar-refractivity contribution in [2.24, 2.45) is 0 Å². The van der Waals surface area contributed by atoms with E-state index in [1.54, 1.807) is 0 Å². The van der Waals surface area contributed by atoms with E-state index in [0.29, 0.717) is 0 Å². The summed E-state index contributed by atoms with van der Waals surface area (Å²) in [6, 6.07) is 18.8. The molecule has 108 valence electrons. The van der Waals surface area contributed by atoms with Gasteiger partial charge in [0.2, 0.25) is 0 Å². The molecule has 0 bridgehead atoms. The smallest absolute Gasteiger partial charge is 0.0748 e. The third-order valence-corrected chi connectivity index (χ3v) is 3.98. The van der Waals surface area contributed by atoms with E-state index < -0.39 is 0 Å². The molecule has 0 unspecified atom stereocenters. The van der Waals surface area contributed by atoms with Crippen LogP contribution in [0.15, 0.2) is 60.8 Å². The normalized spacial score (nSPS) is 11.4. The lowest BCUT2D eigenvalue weighted by molar-refractivity contribution is 0.276. The molecule has 3 rings (SSSR count). The van der Waals surface area contributed by atoms with Gasteiger partial charge >= 0.3 is 0 Å². The van der Waals surface area contributed by atoms with E-state index in [0.717, 1.165) is 24.7 Å². The predicted molar refractivity (Wildman–Crippen MR) is 89.7 cm³/mol. The standard InChI is InChI=1S/C18H19ClN2/c1-20(11-9-15-5-4-7-17(19)13-15)14-21-12-10-16-6-2-3-8-18(16)21/h2-8,10,12-13H,9,11,14H2,1H3. The molecule has 21 heavy (non-hydrogen) atoms. The second-order valence-electron chi connectivity index (χ2n) is 5.45. The summed E-state index contributed by atoms with van der Waals surface area (Å²) in [5, 5.41) is 2.10. The van der Waals surface area contributed by atoms with Crippen molar-refractivity contribution in [2.75, 3.05) is 13.6 Å². The second kappa shape index (κ2) is 6.33. The Morgan fingerprint density at radius 2 is 1.90 bits per heavy atom. The molecule has 1 aromatic heterocycles. The fourth-order valence-corrected chi connectivity index (χ4v) is 2.82. The molecule has 0 fully saturated rings. The van der Waals surface area contributed by atoms with Crippen molar-refractivity contribution in [1.29, 1.82) is 0 Å². The zero-order valence-corrected chi connectivity index (χ0v) is 12.9. The van der Waals surface area contributed by atoms with Gasteiger partial charge in [-0.25, -0.2) is 0 Å². The van der Waals surface area contributed by atoms with Crippen LogP contribution in [0, 0.1) is 0 Å². The van der Waals surface area contributed by atoms with Gasteiger partial charge in [0.05, 0.1) is 6.67 Å². The van der Waals surface area contributed by atoms with Gasteiger partial charge in [-0.2, -0.15) is 0 Å². The molecular formula is C18H19ClN2. The molecule has 3 heteroatoms. The highest BCUT2D eigenvalue weighted by Crippen LogP contribution is 2.16. The maximum Gasteiger partial charge on any atom is 0.0748 e. The van der Waals surface area contributed by atoms with Crippen molar-refractivity contribution < 1.29 is 0 Å². The van der Waals surface area contributed by atoms with Gasteiger partial charge in [-0.1, -0.05) is 41.9 Å². The number of rotatable bonds is 5. The molecule has 2 nitrogen and oxygen atoms in total. The zero-order valence-electron chi connectivity index (χ0n) is 12.2. The summed E-state index contributed by atoms with van der Waals surface area (Å²) in [5.41, 5.74) is 2.57. The fourth-order valence-electron chi connectivity index (χ4n) is 2.61. The second-order valence-corrected chi connectivity index (χ2v) is 5.88. The highest BCUT2D eigenvalue weighted by Gasteiger charge is 2.04. The van der Waals surface area contributed by atoms with Crippen molar-refractivity contribution in [3.05, 3.63) is 71.4 Å². The molecule has 2 aromatic carbocycles. The summed E-state index contributed by atoms with van der Waals surface area (Å²) in [7, 11) is 2.15. The van der Waals surface area contributed by atoms with Gasteiger partial charge < -0.3 is 4.57 Å². The molecule has 0 aliphatic rings. The molecule has 0 atom stereocenters. The summed E-state index contributed by atoms with van der Waals surface area (Å²) in [4.78, 5) is 2.33. The number of likely N-dealkylation sites (N-methyl/N-ethyl adjacent to an activating group) is 1. The number of hydrogen-bond donors (Lipinski definition) is 0. The molecule has 0 radical (unpaired) electrons. The highest BCUT2D eigenvalue weighted by molar-refractivity contribution is 6.30. The molecule has 0 aliphatic heterocycles. The maximum absolute atomic E-state index is 6.02. The SMILES string of the molecule is CN(CCc1cccc(Cl)c1)Cn1ccc2ccccc21. The molecular weight excluding hydrogens is 280 g/mol. The van der Waals surface area contributed by atoms with Gasteiger partial charge in [-0.05, 0) is 48.7 Å². The zero-order chi connectivity index (χ0) is 14.7. The Labute approximate surface area is 130 Å². The topological polar surface area (TPSA) is 8.17 Å². The van der Waals surface area contributed by atoms with Crippen LogP contribution in [0.25, 0.3) is 10.9 Å². The van der Waals surface area contributed by atoms with Crippen molar-refractivity contribution in [2.45, 2.75) is 13.1 Å². The third-order valence-electron chi connectivity index (χ3n) is 3.75. The average Bonchev–Trinajstić information content (AvgIpc) is 2.89. The summed E-state index contributed by atoms with van der Waals surface area (Å²) in [6.07, 6.45) is 3.16. The largest absolute Gasteiger partial charge is 0.334 e. The number of para-hydroxylation sites is 1. The molecule has 1 heterocycles. The molecule has 0 spiro atoms. The van der Waals surface area contributed by atoms with Crippen molar-refractivity contribution in [3.63, 3.8) is 0 Å². The Bertz CT molecular complexity index is 733. The highest BCUT2D eigenvalue weighted by atomic mass is 35.5. The van der Waals surface area contributed by atoms with E-state index in [9.17, 15) is 0 Å². The predicted octanol–water partition coefficient (Wildman–Crippen LogP) is 4.43. The Morgan fingerprint density at radius 1 is 1.05 bits per heavy atom. The van der Waals surface area contributed by atoms with Crippen LogP contribution in [0.1, 0.15) is 5.56 Å². The van der Waals surface area contributed by atoms with Crippen LogP contribution in [0.5, 0.6) is 0 Å². The van der Waals surface area contributed by atoms with Gasteiger partial charge in [-0.15, -0.1) is 0 Å². The molecule has 3 aromatic rings. The summed E-state index contributed by atoms with van der Waals surface area (Å²) in [6.45, 7) is 1.90. The first-order valence-electron chi connectivity index (χ1n) is 7.19. The van der Waals surface area contributed by atoms with Crippen LogP contribution in [-0.2, 0) is 13.1 Å². The quantitative estimate of drug-likeness (QED) is 0.676. The molecule has 0 N–H and O–H groups in total. The summed E-state index contributed by atoms with van der Waals surface area (Å²) in [5.74, 6) is 0. The minimum absolute atomic E-state index is 0.812. The maximum atomic E-state index is 6.02. The number of nitrogens with zero attached hydrogens (tertiary/aromatic N) is 2. The molecule has 0 aliphatic carbocycles. The molecule has 0 amide bonds. The Kier molecular flexibility index (Phi) is 4.28. The Morgan fingerprint density at radius 3 is 2.76 bits per heavy atom. The van der Waals surface area contributed by atoms with Crippen LogP contribution in [0.2, 0.25) is 5.02 Å². The van der Waals surface area contributed by atoms with Crippen LogP contribution in [0.3, 0.4) is 0 Å². The van der Waals surface area contributed by atoms with Crippen molar-refractivity contribution >= 4 is 22.5 Å². The molecule has 0 saturated heterocycles. The van der Waals surface area contributed by atoms with E-state index >= 15 is 0 Å². The van der Waals surface area contributed by atoms with Crippen molar-refractivity contribution in [3.8, 4) is 0 Å². The first kappa shape index (κ1) is 14.2. The first-order chi connectivity index (χ1) is 10.2. The average molecular weight is 299 g/mol.